The first-order chi connectivity index (χ1) is 14.4. The monoisotopic (exact) mass is 412 g/mol. The minimum absolute atomic E-state index is 0.000606. The molecule has 4 rings (SSSR count). The lowest BCUT2D eigenvalue weighted by Crippen LogP contribution is -2.38. The molecule has 1 atom stereocenters. The van der Waals surface area contributed by atoms with E-state index in [0.29, 0.717) is 42.0 Å². The van der Waals surface area contributed by atoms with Gasteiger partial charge in [0.15, 0.2) is 23.1 Å². The molecule has 1 saturated heterocycles. The number of nitrogens with zero attached hydrogens (tertiary/aromatic N) is 5. The summed E-state index contributed by atoms with van der Waals surface area (Å²) in [6.45, 7) is 4.71. The molecule has 9 heteroatoms. The Morgan fingerprint density at radius 2 is 1.83 bits per heavy atom. The van der Waals surface area contributed by atoms with Gasteiger partial charge in [0, 0.05) is 25.6 Å². The molecule has 160 valence electrons. The van der Waals surface area contributed by atoms with Crippen LogP contribution in [0.4, 0.5) is 11.9 Å². The molecule has 1 aromatic heterocycles. The second-order valence-corrected chi connectivity index (χ2v) is 7.96. The fraction of sp³-hybridized carbons (Fsp3) is 0.524. The molecule has 1 fully saturated rings. The molecule has 0 saturated carbocycles. The molecule has 3 heterocycles. The van der Waals surface area contributed by atoms with Crippen molar-refractivity contribution in [3.63, 3.8) is 0 Å². The van der Waals surface area contributed by atoms with Crippen LogP contribution in [0.25, 0.3) is 0 Å². The number of aromatic nitrogens is 3. The summed E-state index contributed by atoms with van der Waals surface area (Å²) >= 11 is 0. The number of likely N-dealkylation sites (tertiary alicyclic amines) is 1. The predicted octanol–water partition coefficient (Wildman–Crippen LogP) is 1.95. The summed E-state index contributed by atoms with van der Waals surface area (Å²) in [5.74, 6) is 2.95. The number of hydrogen-bond acceptors (Lipinski definition) is 9. The summed E-state index contributed by atoms with van der Waals surface area (Å²) in [6, 6.07) is 5.47. The fourth-order valence-corrected chi connectivity index (χ4v) is 3.93. The van der Waals surface area contributed by atoms with Crippen LogP contribution in [0.3, 0.4) is 0 Å². The lowest BCUT2D eigenvalue weighted by Gasteiger charge is -2.35. The maximum Gasteiger partial charge on any atom is 0.229 e. The van der Waals surface area contributed by atoms with E-state index in [-0.39, 0.29) is 23.7 Å². The molecule has 2 aromatic rings. The van der Waals surface area contributed by atoms with Gasteiger partial charge >= 0.3 is 0 Å². The number of hydrogen-bond donors (Lipinski definition) is 1. The van der Waals surface area contributed by atoms with E-state index in [9.17, 15) is 4.79 Å². The highest BCUT2D eigenvalue weighted by atomic mass is 16.6. The Hall–Kier alpha value is -2.94. The van der Waals surface area contributed by atoms with Gasteiger partial charge in [-0.15, -0.1) is 0 Å². The van der Waals surface area contributed by atoms with E-state index in [1.165, 1.54) is 0 Å². The molecular weight excluding hydrogens is 384 g/mol. The average molecular weight is 412 g/mol. The van der Waals surface area contributed by atoms with Crippen LogP contribution >= 0.6 is 0 Å². The summed E-state index contributed by atoms with van der Waals surface area (Å²) in [6.07, 6.45) is 1.58. The quantitative estimate of drug-likeness (QED) is 0.737. The molecule has 9 nitrogen and oxygen atoms in total. The summed E-state index contributed by atoms with van der Waals surface area (Å²) in [5, 5.41) is 0. The van der Waals surface area contributed by atoms with Gasteiger partial charge < -0.3 is 20.1 Å². The number of fused-ring (bicyclic) bond motifs is 1. The Labute approximate surface area is 176 Å². The third-order valence-corrected chi connectivity index (χ3v) is 5.71. The number of ether oxygens (including phenoxy) is 2. The van der Waals surface area contributed by atoms with Crippen molar-refractivity contribution in [2.45, 2.75) is 25.8 Å². The molecule has 1 aromatic carbocycles. The van der Waals surface area contributed by atoms with E-state index in [1.54, 1.807) is 0 Å². The molecular formula is C21H28N6O3. The van der Waals surface area contributed by atoms with Gasteiger partial charge in [0.2, 0.25) is 11.9 Å². The molecule has 1 unspecified atom stereocenters. The number of carbonyl (C=O) groups excluding carboxylic acids is 1. The van der Waals surface area contributed by atoms with E-state index in [4.69, 9.17) is 15.2 Å². The third-order valence-electron chi connectivity index (χ3n) is 5.71. The number of carbonyl (C=O) groups is 1. The van der Waals surface area contributed by atoms with Gasteiger partial charge in [-0.1, -0.05) is 0 Å². The summed E-state index contributed by atoms with van der Waals surface area (Å²) in [7, 11) is 3.75. The van der Waals surface area contributed by atoms with Crippen LogP contribution in [0.15, 0.2) is 18.2 Å². The van der Waals surface area contributed by atoms with Crippen molar-refractivity contribution in [1.82, 2.24) is 19.9 Å². The summed E-state index contributed by atoms with van der Waals surface area (Å²) < 4.78 is 11.2. The van der Waals surface area contributed by atoms with Gasteiger partial charge in [-0.25, -0.2) is 0 Å². The fourth-order valence-electron chi connectivity index (χ4n) is 3.93. The van der Waals surface area contributed by atoms with Crippen molar-refractivity contribution < 1.29 is 14.3 Å². The smallest absolute Gasteiger partial charge is 0.229 e. The van der Waals surface area contributed by atoms with Crippen LogP contribution in [-0.2, 0) is 0 Å². The zero-order chi connectivity index (χ0) is 21.3. The molecule has 2 aliphatic rings. The predicted molar refractivity (Wildman–Crippen MR) is 113 cm³/mol. The third kappa shape index (κ3) is 4.16. The number of benzene rings is 1. The zero-order valence-corrected chi connectivity index (χ0v) is 17.7. The molecule has 30 heavy (non-hydrogen) atoms. The molecule has 0 bridgehead atoms. The van der Waals surface area contributed by atoms with Crippen LogP contribution in [0, 0.1) is 5.92 Å². The highest BCUT2D eigenvalue weighted by Crippen LogP contribution is 2.33. The van der Waals surface area contributed by atoms with Gasteiger partial charge in [-0.05, 0) is 51.1 Å². The van der Waals surface area contributed by atoms with Gasteiger partial charge in [0.1, 0.15) is 13.2 Å². The number of ketones is 1. The van der Waals surface area contributed by atoms with E-state index >= 15 is 0 Å². The van der Waals surface area contributed by atoms with Crippen molar-refractivity contribution in [3.8, 4) is 11.5 Å². The Morgan fingerprint density at radius 1 is 1.13 bits per heavy atom. The van der Waals surface area contributed by atoms with Crippen LogP contribution in [0.2, 0.25) is 0 Å². The van der Waals surface area contributed by atoms with Crippen LogP contribution in [0.5, 0.6) is 11.5 Å². The highest BCUT2D eigenvalue weighted by molar-refractivity contribution is 5.98. The van der Waals surface area contributed by atoms with Gasteiger partial charge in [-0.2, -0.15) is 15.0 Å². The van der Waals surface area contributed by atoms with E-state index in [0.717, 1.165) is 25.9 Å². The number of nitrogens with two attached hydrogens (primary N) is 1. The van der Waals surface area contributed by atoms with Crippen LogP contribution in [0.1, 0.15) is 42.0 Å². The van der Waals surface area contributed by atoms with Crippen molar-refractivity contribution in [2.24, 2.45) is 5.92 Å². The lowest BCUT2D eigenvalue weighted by molar-refractivity contribution is 0.0795. The topological polar surface area (TPSA) is 107 Å². The molecule has 0 aliphatic carbocycles. The van der Waals surface area contributed by atoms with Crippen molar-refractivity contribution in [1.29, 1.82) is 0 Å². The Balaban J connectivity index is 1.40. The second-order valence-electron chi connectivity index (χ2n) is 7.96. The van der Waals surface area contributed by atoms with Crippen molar-refractivity contribution >= 4 is 17.7 Å². The number of anilines is 2. The lowest BCUT2D eigenvalue weighted by atomic mass is 9.88. The normalized spacial score (nSPS) is 18.1. The van der Waals surface area contributed by atoms with Crippen LogP contribution < -0.4 is 20.1 Å². The Kier molecular flexibility index (Phi) is 5.72. The molecule has 0 radical (unpaired) electrons. The SMILES string of the molecule is CC(c1nc(N)nc(N(C)C)n1)N1CCC(C(=O)c2ccc3c(c2)OCCO3)CC1. The number of piperidine rings is 1. The first-order valence-corrected chi connectivity index (χ1v) is 10.3. The second kappa shape index (κ2) is 8.43. The maximum absolute atomic E-state index is 13.0. The maximum atomic E-state index is 13.0. The van der Waals surface area contributed by atoms with E-state index in [2.05, 4.69) is 26.8 Å². The van der Waals surface area contributed by atoms with E-state index in [1.807, 2.05) is 37.2 Å². The minimum atomic E-state index is -0.00299. The van der Waals surface area contributed by atoms with Crippen molar-refractivity contribution in [2.75, 3.05) is 51.0 Å². The molecule has 0 spiro atoms. The first kappa shape index (κ1) is 20.3. The molecule has 2 N–H and O–H groups in total. The van der Waals surface area contributed by atoms with Gasteiger partial charge in [-0.3, -0.25) is 9.69 Å². The van der Waals surface area contributed by atoms with Gasteiger partial charge in [0.05, 0.1) is 6.04 Å². The number of nitrogen functional groups attached to an aromatic ring is 1. The van der Waals surface area contributed by atoms with Crippen molar-refractivity contribution in [3.05, 3.63) is 29.6 Å². The standard InChI is InChI=1S/C21H28N6O3/c1-13(19-23-20(22)25-21(24-19)26(2)3)27-8-6-14(7-9-27)18(28)15-4-5-16-17(12-15)30-11-10-29-16/h4-5,12-14H,6-11H2,1-3H3,(H2,22,23,24,25). The zero-order valence-electron chi connectivity index (χ0n) is 17.7. The number of rotatable bonds is 5. The highest BCUT2D eigenvalue weighted by Gasteiger charge is 2.30. The summed E-state index contributed by atoms with van der Waals surface area (Å²) in [4.78, 5) is 30.2. The average Bonchev–Trinajstić information content (AvgIpc) is 2.77. The van der Waals surface area contributed by atoms with Gasteiger partial charge in [0.25, 0.3) is 0 Å². The Bertz CT molecular complexity index is 927. The largest absolute Gasteiger partial charge is 0.486 e. The molecule has 2 aliphatic heterocycles. The molecule has 0 amide bonds. The van der Waals surface area contributed by atoms with Crippen LogP contribution in [-0.4, -0.2) is 66.0 Å². The van der Waals surface area contributed by atoms with E-state index < -0.39 is 0 Å². The summed E-state index contributed by atoms with van der Waals surface area (Å²) in [5.41, 5.74) is 6.55. The number of Topliss-reactive ketones (excluding diaryl/α,β-unsaturated/α-hetero) is 1. The first-order valence-electron chi connectivity index (χ1n) is 10.3. The Morgan fingerprint density at radius 3 is 2.53 bits per heavy atom. The minimum Gasteiger partial charge on any atom is -0.486 e.